The van der Waals surface area contributed by atoms with Gasteiger partial charge < -0.3 is 20.1 Å². The van der Waals surface area contributed by atoms with E-state index in [1.54, 1.807) is 18.2 Å². The second-order valence-electron chi connectivity index (χ2n) is 6.11. The lowest BCUT2D eigenvalue weighted by atomic mass is 10.1. The summed E-state index contributed by atoms with van der Waals surface area (Å²) in [5.41, 5.74) is 1.44. The molecule has 1 atom stereocenters. The Labute approximate surface area is 180 Å². The number of ether oxygens (including phenoxy) is 1. The molecule has 0 spiro atoms. The fraction of sp³-hybridized carbons (Fsp3) is 0.200. The number of benzene rings is 2. The average Bonchev–Trinajstić information content (AvgIpc) is 3.12. The highest BCUT2D eigenvalue weighted by Gasteiger charge is 2.25. The Morgan fingerprint density at radius 1 is 1.31 bits per heavy atom. The molecule has 1 amide bonds. The number of imidazole rings is 1. The molecule has 0 aliphatic carbocycles. The number of aliphatic hydroxyl groups excluding tert-OH is 1. The minimum absolute atomic E-state index is 0.0319. The van der Waals surface area contributed by atoms with E-state index in [4.69, 9.17) is 21.4 Å². The van der Waals surface area contributed by atoms with Crippen molar-refractivity contribution in [1.29, 1.82) is 0 Å². The standard InChI is InChI=1S/C20H18BrClFN3O3/c21-16(12-5-7-13(22)8-6-12)17-18(19(28)24-9-2-10-27)26-20(25-17)29-15-4-1-3-14(23)11-15/h1,3-8,11,16,27H,2,9-10H2,(H,24,28)(H,25,26). The highest BCUT2D eigenvalue weighted by Crippen LogP contribution is 2.34. The van der Waals surface area contributed by atoms with Crippen molar-refractivity contribution in [2.75, 3.05) is 13.2 Å². The maximum Gasteiger partial charge on any atom is 0.300 e. The van der Waals surface area contributed by atoms with Gasteiger partial charge in [-0.1, -0.05) is 45.7 Å². The minimum Gasteiger partial charge on any atom is -0.426 e. The maximum absolute atomic E-state index is 13.4. The van der Waals surface area contributed by atoms with E-state index in [1.807, 2.05) is 12.1 Å². The molecular weight excluding hydrogens is 465 g/mol. The van der Waals surface area contributed by atoms with Crippen LogP contribution < -0.4 is 10.1 Å². The Morgan fingerprint density at radius 2 is 2.07 bits per heavy atom. The van der Waals surface area contributed by atoms with Gasteiger partial charge in [0.2, 0.25) is 0 Å². The Morgan fingerprint density at radius 3 is 2.76 bits per heavy atom. The number of rotatable bonds is 8. The van der Waals surface area contributed by atoms with Crippen molar-refractivity contribution in [3.8, 4) is 11.8 Å². The number of aromatic amines is 1. The van der Waals surface area contributed by atoms with Gasteiger partial charge in [0.1, 0.15) is 17.3 Å². The number of aliphatic hydroxyl groups is 1. The Balaban J connectivity index is 1.91. The highest BCUT2D eigenvalue weighted by atomic mass is 79.9. The first-order valence-corrected chi connectivity index (χ1v) is 10.1. The number of aromatic nitrogens is 2. The predicted molar refractivity (Wildman–Crippen MR) is 111 cm³/mol. The topological polar surface area (TPSA) is 87.2 Å². The van der Waals surface area contributed by atoms with E-state index in [0.717, 1.165) is 5.56 Å². The smallest absolute Gasteiger partial charge is 0.300 e. The summed E-state index contributed by atoms with van der Waals surface area (Å²) in [5, 5.41) is 12.2. The number of hydrogen-bond donors (Lipinski definition) is 3. The zero-order valence-corrected chi connectivity index (χ0v) is 17.5. The van der Waals surface area contributed by atoms with E-state index in [9.17, 15) is 9.18 Å². The first kappa shape index (κ1) is 21.3. The lowest BCUT2D eigenvalue weighted by Crippen LogP contribution is -2.26. The van der Waals surface area contributed by atoms with Crippen molar-refractivity contribution < 1.29 is 19.0 Å². The summed E-state index contributed by atoms with van der Waals surface area (Å²) in [7, 11) is 0. The van der Waals surface area contributed by atoms with E-state index < -0.39 is 16.6 Å². The minimum atomic E-state index is -0.448. The number of H-pyrrole nitrogens is 1. The first-order valence-electron chi connectivity index (χ1n) is 8.80. The largest absolute Gasteiger partial charge is 0.426 e. The van der Waals surface area contributed by atoms with Crippen molar-refractivity contribution in [2.24, 2.45) is 0 Å². The summed E-state index contributed by atoms with van der Waals surface area (Å²) in [6, 6.07) is 12.8. The third-order valence-electron chi connectivity index (χ3n) is 3.97. The van der Waals surface area contributed by atoms with Crippen LogP contribution in [0.1, 0.15) is 33.0 Å². The molecule has 0 saturated carbocycles. The van der Waals surface area contributed by atoms with Gasteiger partial charge in [-0.15, -0.1) is 0 Å². The van der Waals surface area contributed by atoms with Crippen LogP contribution in [0.4, 0.5) is 4.39 Å². The molecule has 0 aliphatic heterocycles. The summed E-state index contributed by atoms with van der Waals surface area (Å²) in [4.78, 5) is 19.5. The molecule has 0 bridgehead atoms. The second kappa shape index (κ2) is 9.87. The third-order valence-corrected chi connectivity index (χ3v) is 5.19. The van der Waals surface area contributed by atoms with Crippen LogP contribution in [0.15, 0.2) is 48.5 Å². The molecular formula is C20H18BrClFN3O3. The van der Waals surface area contributed by atoms with Crippen LogP contribution in [-0.2, 0) is 0 Å². The zero-order chi connectivity index (χ0) is 20.8. The van der Waals surface area contributed by atoms with Crippen molar-refractivity contribution in [3.05, 3.63) is 76.3 Å². The van der Waals surface area contributed by atoms with Crippen molar-refractivity contribution in [2.45, 2.75) is 11.2 Å². The Hall–Kier alpha value is -2.42. The lowest BCUT2D eigenvalue weighted by Gasteiger charge is -2.10. The van der Waals surface area contributed by atoms with Gasteiger partial charge in [0.25, 0.3) is 11.9 Å². The summed E-state index contributed by atoms with van der Waals surface area (Å²) in [6.07, 6.45) is 0.427. The molecule has 0 aliphatic rings. The van der Waals surface area contributed by atoms with Crippen molar-refractivity contribution in [3.63, 3.8) is 0 Å². The zero-order valence-electron chi connectivity index (χ0n) is 15.2. The van der Waals surface area contributed by atoms with Crippen LogP contribution in [0.3, 0.4) is 0 Å². The van der Waals surface area contributed by atoms with Gasteiger partial charge in [-0.2, -0.15) is 4.98 Å². The van der Waals surface area contributed by atoms with Gasteiger partial charge in [0, 0.05) is 24.2 Å². The van der Waals surface area contributed by atoms with Gasteiger partial charge in [0.15, 0.2) is 0 Å². The van der Waals surface area contributed by atoms with Gasteiger partial charge in [-0.3, -0.25) is 4.79 Å². The monoisotopic (exact) mass is 481 g/mol. The first-order chi connectivity index (χ1) is 14.0. The molecule has 3 N–H and O–H groups in total. The number of carbonyl (C=O) groups excluding carboxylic acids is 1. The highest BCUT2D eigenvalue weighted by molar-refractivity contribution is 9.09. The molecule has 9 heteroatoms. The quantitative estimate of drug-likeness (QED) is 0.324. The molecule has 1 heterocycles. The van der Waals surface area contributed by atoms with Crippen LogP contribution in [0.5, 0.6) is 11.8 Å². The van der Waals surface area contributed by atoms with E-state index in [-0.39, 0.29) is 24.1 Å². The number of nitrogens with one attached hydrogen (secondary N) is 2. The van der Waals surface area contributed by atoms with Crippen LogP contribution in [0, 0.1) is 5.82 Å². The molecule has 29 heavy (non-hydrogen) atoms. The van der Waals surface area contributed by atoms with Crippen LogP contribution in [-0.4, -0.2) is 34.1 Å². The fourth-order valence-corrected chi connectivity index (χ4v) is 3.33. The fourth-order valence-electron chi connectivity index (χ4n) is 2.57. The Kier molecular flexibility index (Phi) is 7.24. The molecule has 3 rings (SSSR count). The van der Waals surface area contributed by atoms with E-state index in [2.05, 4.69) is 31.2 Å². The molecule has 2 aromatic carbocycles. The average molecular weight is 483 g/mol. The van der Waals surface area contributed by atoms with Gasteiger partial charge >= 0.3 is 0 Å². The number of nitrogens with zero attached hydrogens (tertiary/aromatic N) is 1. The SMILES string of the molecule is O=C(NCCCO)c1[nH]c(Oc2cccc(F)c2)nc1C(Br)c1ccc(Cl)cc1. The summed E-state index contributed by atoms with van der Waals surface area (Å²) < 4.78 is 19.0. The van der Waals surface area contributed by atoms with Gasteiger partial charge in [0.05, 0.1) is 10.5 Å². The number of alkyl halides is 1. The number of hydrogen-bond acceptors (Lipinski definition) is 4. The third kappa shape index (κ3) is 5.56. The van der Waals surface area contributed by atoms with E-state index in [0.29, 0.717) is 23.7 Å². The molecule has 152 valence electrons. The van der Waals surface area contributed by atoms with Crippen LogP contribution in [0.25, 0.3) is 0 Å². The lowest BCUT2D eigenvalue weighted by molar-refractivity contribution is 0.0945. The van der Waals surface area contributed by atoms with Crippen molar-refractivity contribution in [1.82, 2.24) is 15.3 Å². The molecule has 6 nitrogen and oxygen atoms in total. The Bertz CT molecular complexity index is 981. The normalized spacial score (nSPS) is 11.9. The van der Waals surface area contributed by atoms with Gasteiger partial charge in [-0.25, -0.2) is 4.39 Å². The molecule has 0 saturated heterocycles. The molecule has 0 radical (unpaired) electrons. The summed E-state index contributed by atoms with van der Waals surface area (Å²) >= 11 is 9.52. The number of halogens is 3. The molecule has 3 aromatic rings. The van der Waals surface area contributed by atoms with E-state index >= 15 is 0 Å². The molecule has 1 aromatic heterocycles. The summed E-state index contributed by atoms with van der Waals surface area (Å²) in [5.74, 6) is -0.598. The number of carbonyl (C=O) groups is 1. The van der Waals surface area contributed by atoms with Gasteiger partial charge in [-0.05, 0) is 36.2 Å². The second-order valence-corrected chi connectivity index (χ2v) is 7.46. The van der Waals surface area contributed by atoms with Crippen LogP contribution >= 0.6 is 27.5 Å². The van der Waals surface area contributed by atoms with E-state index in [1.165, 1.54) is 18.2 Å². The molecule has 1 unspecified atom stereocenters. The molecule has 0 fully saturated rings. The number of amides is 1. The predicted octanol–water partition coefficient (Wildman–Crippen LogP) is 4.59. The van der Waals surface area contributed by atoms with Crippen molar-refractivity contribution >= 4 is 33.4 Å². The summed E-state index contributed by atoms with van der Waals surface area (Å²) in [6.45, 7) is 0.275. The van der Waals surface area contributed by atoms with Crippen LogP contribution in [0.2, 0.25) is 5.02 Å². The maximum atomic E-state index is 13.4.